The van der Waals surface area contributed by atoms with Crippen LogP contribution >= 0.6 is 38.6 Å². The molecule has 0 bridgehead atoms. The summed E-state index contributed by atoms with van der Waals surface area (Å²) in [5.41, 5.74) is 1.99. The van der Waals surface area contributed by atoms with Gasteiger partial charge in [-0.25, -0.2) is 9.97 Å². The van der Waals surface area contributed by atoms with Crippen LogP contribution in [0.25, 0.3) is 11.3 Å². The van der Waals surface area contributed by atoms with Crippen LogP contribution in [0.4, 0.5) is 10.3 Å². The number of nitrogens with zero attached hydrogens (tertiary/aromatic N) is 2. The Morgan fingerprint density at radius 2 is 1.83 bits per heavy atom. The van der Waals surface area contributed by atoms with E-state index in [1.54, 1.807) is 5.38 Å². The molecule has 0 saturated heterocycles. The van der Waals surface area contributed by atoms with Crippen molar-refractivity contribution in [1.29, 1.82) is 0 Å². The quantitative estimate of drug-likeness (QED) is 0.658. The molecule has 0 fully saturated rings. The number of nitrogens with one attached hydrogen (secondary N) is 2. The minimum absolute atomic E-state index is 0.227. The first-order valence-electron chi connectivity index (χ1n) is 6.77. The van der Waals surface area contributed by atoms with E-state index >= 15 is 0 Å². The molecule has 0 radical (unpaired) electrons. The summed E-state index contributed by atoms with van der Waals surface area (Å²) in [5, 5.41) is 9.61. The van der Waals surface area contributed by atoms with E-state index in [1.165, 1.54) is 29.6 Å². The molecule has 0 spiro atoms. The van der Waals surface area contributed by atoms with Crippen molar-refractivity contribution in [2.24, 2.45) is 0 Å². The largest absolute Gasteiger partial charge is 0.302 e. The first-order chi connectivity index (χ1) is 11.5. The van der Waals surface area contributed by atoms with Crippen molar-refractivity contribution in [3.05, 3.63) is 45.2 Å². The Labute approximate surface area is 154 Å². The molecule has 2 amide bonds. The summed E-state index contributed by atoms with van der Waals surface area (Å²) in [7, 11) is 0. The first-order valence-corrected chi connectivity index (χ1v) is 9.32. The predicted molar refractivity (Wildman–Crippen MR) is 99.6 cm³/mol. The molecule has 24 heavy (non-hydrogen) atoms. The zero-order chi connectivity index (χ0) is 17.1. The lowest BCUT2D eigenvalue weighted by molar-refractivity contribution is -0.114. The van der Waals surface area contributed by atoms with Crippen LogP contribution < -0.4 is 10.6 Å². The molecule has 122 valence electrons. The predicted octanol–water partition coefficient (Wildman–Crippen LogP) is 4.24. The lowest BCUT2D eigenvalue weighted by Gasteiger charge is -1.99. The Morgan fingerprint density at radius 3 is 2.58 bits per heavy atom. The van der Waals surface area contributed by atoms with Crippen LogP contribution in [-0.4, -0.2) is 21.8 Å². The number of benzene rings is 1. The van der Waals surface area contributed by atoms with E-state index in [0.29, 0.717) is 10.3 Å². The molecule has 6 nitrogen and oxygen atoms in total. The standard InChI is InChI=1S/C15H11BrN4O2S2/c1-8(21)17-14-19-12(7-24-14)13(22)20-15-18-11(6-23-15)9-3-2-4-10(16)5-9/h2-7H,1H3,(H,17,19,21)(H,18,20,22). The second-order valence-electron chi connectivity index (χ2n) is 4.72. The molecule has 0 saturated carbocycles. The number of hydrogen-bond donors (Lipinski definition) is 2. The Bertz CT molecular complexity index is 906. The van der Waals surface area contributed by atoms with Gasteiger partial charge in [0.2, 0.25) is 5.91 Å². The number of aromatic nitrogens is 2. The van der Waals surface area contributed by atoms with Crippen molar-refractivity contribution < 1.29 is 9.59 Å². The van der Waals surface area contributed by atoms with E-state index in [0.717, 1.165) is 15.7 Å². The van der Waals surface area contributed by atoms with Crippen LogP contribution in [0.15, 0.2) is 39.5 Å². The lowest BCUT2D eigenvalue weighted by atomic mass is 10.2. The fourth-order valence-corrected chi connectivity index (χ4v) is 3.71. The van der Waals surface area contributed by atoms with Gasteiger partial charge in [0.05, 0.1) is 5.69 Å². The molecule has 0 unspecified atom stereocenters. The van der Waals surface area contributed by atoms with Gasteiger partial charge in [0.1, 0.15) is 5.69 Å². The molecule has 9 heteroatoms. The highest BCUT2D eigenvalue weighted by Crippen LogP contribution is 2.27. The van der Waals surface area contributed by atoms with Crippen LogP contribution in [-0.2, 0) is 4.79 Å². The minimum Gasteiger partial charge on any atom is -0.302 e. The Balaban J connectivity index is 1.71. The third kappa shape index (κ3) is 4.05. The van der Waals surface area contributed by atoms with Crippen molar-refractivity contribution in [3.8, 4) is 11.3 Å². The van der Waals surface area contributed by atoms with Gasteiger partial charge in [0.25, 0.3) is 5.91 Å². The van der Waals surface area contributed by atoms with E-state index in [2.05, 4.69) is 36.5 Å². The van der Waals surface area contributed by atoms with Gasteiger partial charge in [-0.3, -0.25) is 14.9 Å². The van der Waals surface area contributed by atoms with Gasteiger partial charge in [-0.2, -0.15) is 0 Å². The summed E-state index contributed by atoms with van der Waals surface area (Å²) < 4.78 is 0.964. The smallest absolute Gasteiger partial charge is 0.276 e. The summed E-state index contributed by atoms with van der Waals surface area (Å²) in [4.78, 5) is 31.7. The van der Waals surface area contributed by atoms with Gasteiger partial charge >= 0.3 is 0 Å². The molecule has 3 aromatic rings. The number of hydrogen-bond acceptors (Lipinski definition) is 6. The summed E-state index contributed by atoms with van der Waals surface area (Å²) >= 11 is 5.96. The molecule has 0 atom stereocenters. The van der Waals surface area contributed by atoms with Gasteiger partial charge in [-0.1, -0.05) is 28.1 Å². The van der Waals surface area contributed by atoms with Gasteiger partial charge in [0, 0.05) is 27.7 Å². The Hall–Kier alpha value is -2.10. The average molecular weight is 423 g/mol. The van der Waals surface area contributed by atoms with Crippen LogP contribution in [0.5, 0.6) is 0 Å². The average Bonchev–Trinajstić information content (AvgIpc) is 3.16. The van der Waals surface area contributed by atoms with Crippen LogP contribution in [0, 0.1) is 0 Å². The van der Waals surface area contributed by atoms with Crippen LogP contribution in [0.1, 0.15) is 17.4 Å². The SMILES string of the molecule is CC(=O)Nc1nc(C(=O)Nc2nc(-c3cccc(Br)c3)cs2)cs1. The normalized spacial score (nSPS) is 10.4. The maximum atomic E-state index is 12.2. The minimum atomic E-state index is -0.363. The number of amides is 2. The molecule has 1 aromatic carbocycles. The lowest BCUT2D eigenvalue weighted by Crippen LogP contribution is -2.12. The second kappa shape index (κ2) is 7.20. The number of anilines is 2. The van der Waals surface area contributed by atoms with Crippen LogP contribution in [0.3, 0.4) is 0 Å². The summed E-state index contributed by atoms with van der Waals surface area (Å²) in [6, 6.07) is 7.77. The van der Waals surface area contributed by atoms with Crippen molar-refractivity contribution in [1.82, 2.24) is 9.97 Å². The van der Waals surface area contributed by atoms with E-state index in [9.17, 15) is 9.59 Å². The van der Waals surface area contributed by atoms with E-state index in [4.69, 9.17) is 0 Å². The fourth-order valence-electron chi connectivity index (χ4n) is 1.86. The number of halogens is 1. The second-order valence-corrected chi connectivity index (χ2v) is 7.35. The molecule has 2 heterocycles. The van der Waals surface area contributed by atoms with Crippen molar-refractivity contribution in [3.63, 3.8) is 0 Å². The van der Waals surface area contributed by atoms with Gasteiger partial charge in [-0.05, 0) is 12.1 Å². The highest BCUT2D eigenvalue weighted by Gasteiger charge is 2.14. The van der Waals surface area contributed by atoms with Crippen molar-refractivity contribution >= 4 is 60.7 Å². The molecule has 0 aliphatic rings. The maximum Gasteiger partial charge on any atom is 0.276 e. The van der Waals surface area contributed by atoms with Gasteiger partial charge in [-0.15, -0.1) is 22.7 Å². The monoisotopic (exact) mass is 422 g/mol. The number of carbonyl (C=O) groups excluding carboxylic acids is 2. The topological polar surface area (TPSA) is 84.0 Å². The summed E-state index contributed by atoms with van der Waals surface area (Å²) in [6.07, 6.45) is 0. The number of carbonyl (C=O) groups is 2. The molecular formula is C15H11BrN4O2S2. The number of thiazole rings is 2. The molecule has 3 rings (SSSR count). The van der Waals surface area contributed by atoms with Gasteiger partial charge in [0.15, 0.2) is 10.3 Å². The molecule has 2 aromatic heterocycles. The number of rotatable bonds is 4. The van der Waals surface area contributed by atoms with E-state index in [1.807, 2.05) is 29.6 Å². The third-order valence-corrected chi connectivity index (χ3v) is 4.87. The molecule has 0 aliphatic heterocycles. The highest BCUT2D eigenvalue weighted by atomic mass is 79.9. The highest BCUT2D eigenvalue weighted by molar-refractivity contribution is 9.10. The molecule has 2 N–H and O–H groups in total. The zero-order valence-corrected chi connectivity index (χ0v) is 15.6. The van der Waals surface area contributed by atoms with Gasteiger partial charge < -0.3 is 5.32 Å². The van der Waals surface area contributed by atoms with Crippen molar-refractivity contribution in [2.45, 2.75) is 6.92 Å². The zero-order valence-electron chi connectivity index (χ0n) is 12.4. The molecule has 0 aliphatic carbocycles. The Morgan fingerprint density at radius 1 is 1.08 bits per heavy atom. The first kappa shape index (κ1) is 16.7. The molecular weight excluding hydrogens is 412 g/mol. The van der Waals surface area contributed by atoms with E-state index < -0.39 is 0 Å². The van der Waals surface area contributed by atoms with Crippen molar-refractivity contribution in [2.75, 3.05) is 10.6 Å². The summed E-state index contributed by atoms with van der Waals surface area (Å²) in [5.74, 6) is -0.590. The third-order valence-electron chi connectivity index (χ3n) is 2.86. The summed E-state index contributed by atoms with van der Waals surface area (Å²) in [6.45, 7) is 1.39. The Kier molecular flexibility index (Phi) is 5.03. The van der Waals surface area contributed by atoms with Crippen LogP contribution in [0.2, 0.25) is 0 Å². The fraction of sp³-hybridized carbons (Fsp3) is 0.0667. The maximum absolute atomic E-state index is 12.2. The van der Waals surface area contributed by atoms with E-state index in [-0.39, 0.29) is 17.5 Å².